The Morgan fingerprint density at radius 2 is 1.87 bits per heavy atom. The summed E-state index contributed by atoms with van der Waals surface area (Å²) in [6.45, 7) is 1.27. The van der Waals surface area contributed by atoms with E-state index in [4.69, 9.17) is 32.7 Å². The first-order valence-corrected chi connectivity index (χ1v) is 9.67. The number of amides is 1. The Hall–Kier alpha value is -3.03. The summed E-state index contributed by atoms with van der Waals surface area (Å²) in [5, 5.41) is 3.94. The lowest BCUT2D eigenvalue weighted by molar-refractivity contribution is -0.153. The van der Waals surface area contributed by atoms with E-state index in [1.54, 1.807) is 41.0 Å². The molecule has 1 unspecified atom stereocenters. The standard InChI is InChI=1S/C21H18Cl2N2O5/c1-12(20(27)24-17-8-7-13(22)9-16(17)23)30-19(26)11-25-10-15(21(28)29-2)14-5-3-4-6-18(14)25/h3-10,12H,11H2,1-2H3,(H,24,27). The summed E-state index contributed by atoms with van der Waals surface area (Å²) in [5.41, 5.74) is 1.36. The zero-order valence-corrected chi connectivity index (χ0v) is 17.7. The Morgan fingerprint density at radius 1 is 1.13 bits per heavy atom. The van der Waals surface area contributed by atoms with Crippen LogP contribution in [0.4, 0.5) is 5.69 Å². The first kappa shape index (κ1) is 21.7. The minimum Gasteiger partial charge on any atom is -0.465 e. The van der Waals surface area contributed by atoms with E-state index in [0.717, 1.165) is 0 Å². The SMILES string of the molecule is COC(=O)c1cn(CC(=O)OC(C)C(=O)Nc2ccc(Cl)cc2Cl)c2ccccc12. The van der Waals surface area contributed by atoms with Gasteiger partial charge >= 0.3 is 11.9 Å². The van der Waals surface area contributed by atoms with Gasteiger partial charge < -0.3 is 19.4 Å². The Labute approximate surface area is 182 Å². The summed E-state index contributed by atoms with van der Waals surface area (Å²) in [7, 11) is 1.29. The van der Waals surface area contributed by atoms with Crippen molar-refractivity contribution in [2.45, 2.75) is 19.6 Å². The van der Waals surface area contributed by atoms with E-state index >= 15 is 0 Å². The van der Waals surface area contributed by atoms with Gasteiger partial charge in [0.25, 0.3) is 5.91 Å². The number of benzene rings is 2. The van der Waals surface area contributed by atoms with Gasteiger partial charge in [0, 0.05) is 22.1 Å². The number of esters is 2. The van der Waals surface area contributed by atoms with Gasteiger partial charge in [-0.1, -0.05) is 41.4 Å². The molecule has 1 aromatic heterocycles. The minimum atomic E-state index is -1.06. The number of aromatic nitrogens is 1. The molecule has 0 bridgehead atoms. The molecular formula is C21H18Cl2N2O5. The molecule has 30 heavy (non-hydrogen) atoms. The van der Waals surface area contributed by atoms with E-state index in [9.17, 15) is 14.4 Å². The Bertz CT molecular complexity index is 1130. The summed E-state index contributed by atoms with van der Waals surface area (Å²) in [4.78, 5) is 36.7. The number of anilines is 1. The lowest BCUT2D eigenvalue weighted by Crippen LogP contribution is -2.31. The molecule has 2 aromatic carbocycles. The first-order chi connectivity index (χ1) is 14.3. The molecule has 0 saturated carbocycles. The average Bonchev–Trinajstić information content (AvgIpc) is 3.07. The van der Waals surface area contributed by atoms with Crippen LogP contribution in [-0.4, -0.2) is 35.6 Å². The number of carbonyl (C=O) groups excluding carboxylic acids is 3. The highest BCUT2D eigenvalue weighted by Gasteiger charge is 2.21. The minimum absolute atomic E-state index is 0.184. The first-order valence-electron chi connectivity index (χ1n) is 8.91. The van der Waals surface area contributed by atoms with E-state index in [2.05, 4.69) is 5.32 Å². The molecule has 1 amide bonds. The number of halogens is 2. The maximum absolute atomic E-state index is 12.4. The zero-order chi connectivity index (χ0) is 21.8. The molecule has 9 heteroatoms. The number of rotatable bonds is 6. The Morgan fingerprint density at radius 3 is 2.57 bits per heavy atom. The normalized spacial score (nSPS) is 11.7. The van der Waals surface area contributed by atoms with Gasteiger partial charge in [-0.3, -0.25) is 9.59 Å². The molecule has 7 nitrogen and oxygen atoms in total. The number of methoxy groups -OCH3 is 1. The third-order valence-electron chi connectivity index (χ3n) is 4.36. The summed E-state index contributed by atoms with van der Waals surface area (Å²) >= 11 is 11.9. The molecule has 0 aliphatic heterocycles. The summed E-state index contributed by atoms with van der Waals surface area (Å²) in [6.07, 6.45) is 0.460. The molecule has 0 fully saturated rings. The molecule has 0 aliphatic rings. The molecular weight excluding hydrogens is 431 g/mol. The van der Waals surface area contributed by atoms with Crippen molar-refractivity contribution in [3.8, 4) is 0 Å². The topological polar surface area (TPSA) is 86.6 Å². The van der Waals surface area contributed by atoms with Gasteiger partial charge in [0.2, 0.25) is 0 Å². The van der Waals surface area contributed by atoms with Crippen molar-refractivity contribution in [1.82, 2.24) is 4.57 Å². The maximum Gasteiger partial charge on any atom is 0.340 e. The van der Waals surface area contributed by atoms with Crippen LogP contribution >= 0.6 is 23.2 Å². The Balaban J connectivity index is 1.69. The van der Waals surface area contributed by atoms with Crippen molar-refractivity contribution in [2.75, 3.05) is 12.4 Å². The highest BCUT2D eigenvalue weighted by atomic mass is 35.5. The Kier molecular flexibility index (Phi) is 6.64. The summed E-state index contributed by atoms with van der Waals surface area (Å²) < 4.78 is 11.6. The summed E-state index contributed by atoms with van der Waals surface area (Å²) in [5.74, 6) is -1.69. The lowest BCUT2D eigenvalue weighted by atomic mass is 10.2. The molecule has 1 atom stereocenters. The highest BCUT2D eigenvalue weighted by Crippen LogP contribution is 2.26. The molecule has 3 aromatic rings. The third-order valence-corrected chi connectivity index (χ3v) is 4.91. The molecule has 1 N–H and O–H groups in total. The zero-order valence-electron chi connectivity index (χ0n) is 16.1. The largest absolute Gasteiger partial charge is 0.465 e. The van der Waals surface area contributed by atoms with Gasteiger partial charge in [0.05, 0.1) is 23.4 Å². The number of nitrogens with one attached hydrogen (secondary N) is 1. The van der Waals surface area contributed by atoms with Crippen LogP contribution < -0.4 is 5.32 Å². The fraction of sp³-hybridized carbons (Fsp3) is 0.190. The smallest absolute Gasteiger partial charge is 0.340 e. The molecule has 1 heterocycles. The molecule has 0 aliphatic carbocycles. The van der Waals surface area contributed by atoms with Gasteiger partial charge in [-0.2, -0.15) is 0 Å². The van der Waals surface area contributed by atoms with E-state index in [1.165, 1.54) is 26.3 Å². The van der Waals surface area contributed by atoms with E-state index in [0.29, 0.717) is 27.2 Å². The highest BCUT2D eigenvalue weighted by molar-refractivity contribution is 6.36. The molecule has 0 radical (unpaired) electrons. The monoisotopic (exact) mass is 448 g/mol. The van der Waals surface area contributed by atoms with Crippen LogP contribution in [0.15, 0.2) is 48.7 Å². The number of fused-ring (bicyclic) bond motifs is 1. The van der Waals surface area contributed by atoms with E-state index in [-0.39, 0.29) is 11.6 Å². The predicted molar refractivity (Wildman–Crippen MR) is 114 cm³/mol. The number of nitrogens with zero attached hydrogens (tertiary/aromatic N) is 1. The van der Waals surface area contributed by atoms with E-state index in [1.807, 2.05) is 0 Å². The van der Waals surface area contributed by atoms with Crippen LogP contribution in [0, 0.1) is 0 Å². The molecule has 3 rings (SSSR count). The van der Waals surface area contributed by atoms with Crippen LogP contribution in [-0.2, 0) is 25.6 Å². The van der Waals surface area contributed by atoms with Crippen molar-refractivity contribution >= 4 is 57.6 Å². The van der Waals surface area contributed by atoms with Crippen LogP contribution in [0.3, 0.4) is 0 Å². The van der Waals surface area contributed by atoms with Gasteiger partial charge in [0.1, 0.15) is 6.54 Å². The quantitative estimate of drug-likeness (QED) is 0.567. The molecule has 0 spiro atoms. The third kappa shape index (κ3) is 4.75. The van der Waals surface area contributed by atoms with Crippen molar-refractivity contribution in [3.05, 3.63) is 64.3 Å². The fourth-order valence-electron chi connectivity index (χ4n) is 2.90. The van der Waals surface area contributed by atoms with Gasteiger partial charge in [-0.15, -0.1) is 0 Å². The average molecular weight is 449 g/mol. The second kappa shape index (κ2) is 9.19. The lowest BCUT2D eigenvalue weighted by Gasteiger charge is -2.15. The fourth-order valence-corrected chi connectivity index (χ4v) is 3.36. The number of hydrogen-bond donors (Lipinski definition) is 1. The second-order valence-corrected chi connectivity index (χ2v) is 7.27. The maximum atomic E-state index is 12.4. The van der Waals surface area contributed by atoms with Crippen LogP contribution in [0.2, 0.25) is 10.0 Å². The molecule has 156 valence electrons. The number of hydrogen-bond acceptors (Lipinski definition) is 5. The van der Waals surface area contributed by atoms with Crippen LogP contribution in [0.5, 0.6) is 0 Å². The van der Waals surface area contributed by atoms with Crippen LogP contribution in [0.25, 0.3) is 10.9 Å². The van der Waals surface area contributed by atoms with Crippen molar-refractivity contribution in [2.24, 2.45) is 0 Å². The number of para-hydroxylation sites is 1. The van der Waals surface area contributed by atoms with Crippen molar-refractivity contribution in [1.29, 1.82) is 0 Å². The van der Waals surface area contributed by atoms with Gasteiger partial charge in [-0.25, -0.2) is 4.79 Å². The van der Waals surface area contributed by atoms with Crippen LogP contribution in [0.1, 0.15) is 17.3 Å². The van der Waals surface area contributed by atoms with Gasteiger partial charge in [-0.05, 0) is 31.2 Å². The number of carbonyl (C=O) groups is 3. The van der Waals surface area contributed by atoms with Crippen molar-refractivity contribution in [3.63, 3.8) is 0 Å². The number of ether oxygens (including phenoxy) is 2. The van der Waals surface area contributed by atoms with Crippen molar-refractivity contribution < 1.29 is 23.9 Å². The van der Waals surface area contributed by atoms with E-state index < -0.39 is 23.9 Å². The summed E-state index contributed by atoms with van der Waals surface area (Å²) in [6, 6.07) is 11.7. The molecule has 0 saturated heterocycles. The van der Waals surface area contributed by atoms with Gasteiger partial charge in [0.15, 0.2) is 6.10 Å². The second-order valence-electron chi connectivity index (χ2n) is 6.42. The predicted octanol–water partition coefficient (Wildman–Crippen LogP) is 4.31.